The van der Waals surface area contributed by atoms with Gasteiger partial charge in [-0.05, 0) is 31.7 Å². The number of piperazine rings is 1. The van der Waals surface area contributed by atoms with Crippen molar-refractivity contribution < 1.29 is 0 Å². The van der Waals surface area contributed by atoms with Gasteiger partial charge in [-0.1, -0.05) is 33.6 Å². The molecule has 0 bridgehead atoms. The molecule has 0 saturated carbocycles. The van der Waals surface area contributed by atoms with Crippen molar-refractivity contribution in [3.05, 3.63) is 33.3 Å². The number of nitrogens with zero attached hydrogens (tertiary/aromatic N) is 2. The Morgan fingerprint density at radius 3 is 2.56 bits per heavy atom. The maximum absolute atomic E-state index is 6.27. The first-order valence-electron chi connectivity index (χ1n) is 6.21. The third-order valence-corrected chi connectivity index (χ3v) is 4.13. The molecule has 1 fully saturated rings. The summed E-state index contributed by atoms with van der Waals surface area (Å²) in [6.07, 6.45) is 0. The molecule has 18 heavy (non-hydrogen) atoms. The van der Waals surface area contributed by atoms with Gasteiger partial charge in [0.25, 0.3) is 0 Å². The Bertz CT molecular complexity index is 405. The molecule has 1 heterocycles. The maximum Gasteiger partial charge on any atom is 0.0465 e. The molecule has 0 aromatic heterocycles. The molecule has 1 saturated heterocycles. The molecule has 0 aliphatic carbocycles. The van der Waals surface area contributed by atoms with E-state index >= 15 is 0 Å². The van der Waals surface area contributed by atoms with E-state index in [1.165, 1.54) is 0 Å². The molecule has 1 aliphatic rings. The van der Waals surface area contributed by atoms with E-state index in [9.17, 15) is 0 Å². The summed E-state index contributed by atoms with van der Waals surface area (Å²) in [5, 5.41) is 3.08. The fourth-order valence-corrected chi connectivity index (χ4v) is 2.97. The Morgan fingerprint density at radius 2 is 1.94 bits per heavy atom. The fraction of sp³-hybridized carbons (Fsp3) is 0.538. The lowest BCUT2D eigenvalue weighted by molar-refractivity contribution is 0.0899. The van der Waals surface area contributed by atoms with E-state index in [4.69, 9.17) is 11.6 Å². The van der Waals surface area contributed by atoms with Crippen LogP contribution in [0.15, 0.2) is 22.7 Å². The van der Waals surface area contributed by atoms with Gasteiger partial charge in [-0.2, -0.15) is 0 Å². The predicted octanol–water partition coefficient (Wildman–Crippen LogP) is 2.92. The highest BCUT2D eigenvalue weighted by atomic mass is 79.9. The van der Waals surface area contributed by atoms with Crippen molar-refractivity contribution in [2.45, 2.75) is 13.0 Å². The summed E-state index contributed by atoms with van der Waals surface area (Å²) in [6, 6.07) is 6.27. The van der Waals surface area contributed by atoms with Gasteiger partial charge >= 0.3 is 0 Å². The van der Waals surface area contributed by atoms with Crippen LogP contribution in [0.4, 0.5) is 0 Å². The number of halogens is 2. The first-order valence-corrected chi connectivity index (χ1v) is 7.38. The Hall–Kier alpha value is -0.130. The molecule has 1 atom stereocenters. The summed E-state index contributed by atoms with van der Waals surface area (Å²) < 4.78 is 1.02. The molecular formula is C13H19BrClN3. The number of rotatable bonds is 3. The van der Waals surface area contributed by atoms with Crippen molar-refractivity contribution in [1.82, 2.24) is 15.3 Å². The summed E-state index contributed by atoms with van der Waals surface area (Å²) in [7, 11) is 2.16. The summed E-state index contributed by atoms with van der Waals surface area (Å²) in [5.74, 6) is 0. The zero-order valence-electron chi connectivity index (χ0n) is 10.8. The van der Waals surface area contributed by atoms with Crippen molar-refractivity contribution in [3.8, 4) is 0 Å². The molecule has 1 aromatic carbocycles. The number of likely N-dealkylation sites (N-methyl/N-ethyl adjacent to an activating group) is 1. The SMILES string of the molecule is CC(NN1CCN(C)CC1)c1ccc(Br)cc1Cl. The summed E-state index contributed by atoms with van der Waals surface area (Å²) in [6.45, 7) is 6.46. The van der Waals surface area contributed by atoms with Crippen LogP contribution in [0.1, 0.15) is 18.5 Å². The minimum atomic E-state index is 0.231. The number of hydrazine groups is 1. The monoisotopic (exact) mass is 331 g/mol. The van der Waals surface area contributed by atoms with Gasteiger partial charge in [0.2, 0.25) is 0 Å². The molecular weight excluding hydrogens is 314 g/mol. The third kappa shape index (κ3) is 3.68. The fourth-order valence-electron chi connectivity index (χ4n) is 2.13. The van der Waals surface area contributed by atoms with Crippen LogP contribution in [0.5, 0.6) is 0 Å². The van der Waals surface area contributed by atoms with E-state index in [1.54, 1.807) is 0 Å². The highest BCUT2D eigenvalue weighted by Gasteiger charge is 2.17. The van der Waals surface area contributed by atoms with E-state index in [-0.39, 0.29) is 6.04 Å². The first kappa shape index (κ1) is 14.3. The highest BCUT2D eigenvalue weighted by Crippen LogP contribution is 2.26. The zero-order chi connectivity index (χ0) is 13.1. The van der Waals surface area contributed by atoms with Crippen LogP contribution in [0, 0.1) is 0 Å². The molecule has 3 nitrogen and oxygen atoms in total. The molecule has 0 amide bonds. The average Bonchev–Trinajstić information content (AvgIpc) is 2.32. The van der Waals surface area contributed by atoms with Gasteiger partial charge in [0.15, 0.2) is 0 Å². The molecule has 0 spiro atoms. The standard InChI is InChI=1S/C13H19BrClN3/c1-10(12-4-3-11(14)9-13(12)15)16-18-7-5-17(2)6-8-18/h3-4,9-10,16H,5-8H2,1-2H3. The van der Waals surface area contributed by atoms with Gasteiger partial charge < -0.3 is 4.90 Å². The molecule has 1 N–H and O–H groups in total. The van der Waals surface area contributed by atoms with Crippen LogP contribution in [0.25, 0.3) is 0 Å². The van der Waals surface area contributed by atoms with Gasteiger partial charge in [0.05, 0.1) is 0 Å². The van der Waals surface area contributed by atoms with E-state index in [1.807, 2.05) is 12.1 Å². The highest BCUT2D eigenvalue weighted by molar-refractivity contribution is 9.10. The van der Waals surface area contributed by atoms with Gasteiger partial charge in [-0.15, -0.1) is 0 Å². The second-order valence-corrected chi connectivity index (χ2v) is 6.13. The summed E-state index contributed by atoms with van der Waals surface area (Å²) >= 11 is 9.70. The van der Waals surface area contributed by atoms with Gasteiger partial charge in [0.1, 0.15) is 0 Å². The number of benzene rings is 1. The number of hydrogen-bond donors (Lipinski definition) is 1. The topological polar surface area (TPSA) is 18.5 Å². The Labute approximate surface area is 122 Å². The lowest BCUT2D eigenvalue weighted by Crippen LogP contribution is -2.51. The van der Waals surface area contributed by atoms with E-state index in [2.05, 4.69) is 51.3 Å². The molecule has 1 unspecified atom stereocenters. The van der Waals surface area contributed by atoms with Gasteiger partial charge in [0, 0.05) is 41.7 Å². The van der Waals surface area contributed by atoms with Crippen LogP contribution in [-0.4, -0.2) is 43.1 Å². The summed E-state index contributed by atoms with van der Waals surface area (Å²) in [4.78, 5) is 2.34. The van der Waals surface area contributed by atoms with Crippen LogP contribution >= 0.6 is 27.5 Å². The Morgan fingerprint density at radius 1 is 1.28 bits per heavy atom. The average molecular weight is 333 g/mol. The lowest BCUT2D eigenvalue weighted by Gasteiger charge is -2.34. The molecule has 2 rings (SSSR count). The molecule has 1 aliphatic heterocycles. The van der Waals surface area contributed by atoms with Gasteiger partial charge in [-0.25, -0.2) is 10.4 Å². The van der Waals surface area contributed by atoms with Crippen molar-refractivity contribution in [2.24, 2.45) is 0 Å². The lowest BCUT2D eigenvalue weighted by atomic mass is 10.1. The third-order valence-electron chi connectivity index (χ3n) is 3.31. The van der Waals surface area contributed by atoms with Crippen LogP contribution < -0.4 is 5.43 Å². The van der Waals surface area contributed by atoms with Gasteiger partial charge in [-0.3, -0.25) is 0 Å². The van der Waals surface area contributed by atoms with Crippen molar-refractivity contribution in [3.63, 3.8) is 0 Å². The Balaban J connectivity index is 1.97. The van der Waals surface area contributed by atoms with E-state index in [0.717, 1.165) is 41.2 Å². The summed E-state index contributed by atoms with van der Waals surface area (Å²) in [5.41, 5.74) is 4.66. The predicted molar refractivity (Wildman–Crippen MR) is 79.8 cm³/mol. The second-order valence-electron chi connectivity index (χ2n) is 4.81. The van der Waals surface area contributed by atoms with E-state index in [0.29, 0.717) is 0 Å². The van der Waals surface area contributed by atoms with Crippen molar-refractivity contribution in [1.29, 1.82) is 0 Å². The largest absolute Gasteiger partial charge is 0.304 e. The molecule has 1 aromatic rings. The number of nitrogens with one attached hydrogen (secondary N) is 1. The molecule has 100 valence electrons. The van der Waals surface area contributed by atoms with Crippen LogP contribution in [-0.2, 0) is 0 Å². The van der Waals surface area contributed by atoms with Crippen molar-refractivity contribution >= 4 is 27.5 Å². The minimum Gasteiger partial charge on any atom is -0.304 e. The minimum absolute atomic E-state index is 0.231. The molecule has 0 radical (unpaired) electrons. The zero-order valence-corrected chi connectivity index (χ0v) is 13.1. The number of hydrogen-bond acceptors (Lipinski definition) is 3. The van der Waals surface area contributed by atoms with Crippen LogP contribution in [0.3, 0.4) is 0 Å². The first-order chi connectivity index (χ1) is 8.56. The normalized spacial score (nSPS) is 20.0. The second kappa shape index (κ2) is 6.35. The van der Waals surface area contributed by atoms with E-state index < -0.39 is 0 Å². The maximum atomic E-state index is 6.27. The van der Waals surface area contributed by atoms with Crippen LogP contribution in [0.2, 0.25) is 5.02 Å². The quantitative estimate of drug-likeness (QED) is 0.918. The smallest absolute Gasteiger partial charge is 0.0465 e. The molecule has 5 heteroatoms. The Kier molecular flexibility index (Phi) is 5.04. The van der Waals surface area contributed by atoms with Crippen molar-refractivity contribution in [2.75, 3.05) is 33.2 Å².